The van der Waals surface area contributed by atoms with Gasteiger partial charge in [0.1, 0.15) is 5.76 Å². The molecule has 0 fully saturated rings. The van der Waals surface area contributed by atoms with E-state index in [-0.39, 0.29) is 11.2 Å². The smallest absolute Gasteiger partial charge is 0.227 e. The van der Waals surface area contributed by atoms with Crippen LogP contribution in [0.15, 0.2) is 16.5 Å². The summed E-state index contributed by atoms with van der Waals surface area (Å²) in [5, 5.41) is 0.0570. The molecule has 0 saturated heterocycles. The zero-order valence-corrected chi connectivity index (χ0v) is 8.12. The van der Waals surface area contributed by atoms with Crippen molar-refractivity contribution in [1.29, 1.82) is 0 Å². The predicted octanol–water partition coefficient (Wildman–Crippen LogP) is 1.68. The summed E-state index contributed by atoms with van der Waals surface area (Å²) in [6.07, 6.45) is 0. The molecule has 2 aromatic heterocycles. The van der Waals surface area contributed by atoms with Gasteiger partial charge in [0.2, 0.25) is 17.1 Å². The molecular weight excluding hydrogens is 204 g/mol. The summed E-state index contributed by atoms with van der Waals surface area (Å²) >= 11 is 5.62. The zero-order chi connectivity index (χ0) is 10.1. The van der Waals surface area contributed by atoms with E-state index in [1.165, 1.54) is 0 Å². The summed E-state index contributed by atoms with van der Waals surface area (Å²) in [5.74, 6) is 1.72. The molecule has 0 radical (unpaired) electrons. The molecule has 14 heavy (non-hydrogen) atoms. The van der Waals surface area contributed by atoms with Gasteiger partial charge in [-0.15, -0.1) is 0 Å². The van der Waals surface area contributed by atoms with Crippen LogP contribution in [0.5, 0.6) is 0 Å². The molecule has 5 nitrogen and oxygen atoms in total. The average Bonchev–Trinajstić information content (AvgIpc) is 2.50. The SMILES string of the molecule is Cc1ccc(-c2nc(N)nc(Cl)n2)o1. The van der Waals surface area contributed by atoms with Crippen molar-refractivity contribution in [1.82, 2.24) is 15.0 Å². The van der Waals surface area contributed by atoms with E-state index < -0.39 is 0 Å². The molecule has 0 aliphatic carbocycles. The van der Waals surface area contributed by atoms with Gasteiger partial charge in [-0.1, -0.05) is 0 Å². The molecule has 0 amide bonds. The van der Waals surface area contributed by atoms with Crippen molar-refractivity contribution in [2.45, 2.75) is 6.92 Å². The number of nitrogens with two attached hydrogens (primary N) is 1. The second-order valence-corrected chi connectivity index (χ2v) is 3.03. The number of halogens is 1. The quantitative estimate of drug-likeness (QED) is 0.775. The number of aromatic nitrogens is 3. The molecule has 0 saturated carbocycles. The van der Waals surface area contributed by atoms with E-state index in [2.05, 4.69) is 15.0 Å². The van der Waals surface area contributed by atoms with Gasteiger partial charge >= 0.3 is 0 Å². The fraction of sp³-hybridized carbons (Fsp3) is 0.125. The van der Waals surface area contributed by atoms with Gasteiger partial charge in [0.25, 0.3) is 0 Å². The lowest BCUT2D eigenvalue weighted by Crippen LogP contribution is -1.99. The molecule has 2 rings (SSSR count). The average molecular weight is 211 g/mol. The summed E-state index contributed by atoms with van der Waals surface area (Å²) in [5.41, 5.74) is 5.42. The zero-order valence-electron chi connectivity index (χ0n) is 7.36. The van der Waals surface area contributed by atoms with Crippen LogP contribution in [0.1, 0.15) is 5.76 Å². The Hall–Kier alpha value is -1.62. The minimum atomic E-state index is 0.0570. The van der Waals surface area contributed by atoms with Gasteiger partial charge in [-0.25, -0.2) is 0 Å². The van der Waals surface area contributed by atoms with Crippen LogP contribution in [0.3, 0.4) is 0 Å². The van der Waals surface area contributed by atoms with Gasteiger partial charge in [0, 0.05) is 0 Å². The molecule has 0 aliphatic rings. The molecule has 0 aromatic carbocycles. The van der Waals surface area contributed by atoms with Gasteiger partial charge in [-0.2, -0.15) is 15.0 Å². The highest BCUT2D eigenvalue weighted by Gasteiger charge is 2.08. The van der Waals surface area contributed by atoms with E-state index in [4.69, 9.17) is 21.8 Å². The first-order valence-corrected chi connectivity index (χ1v) is 4.27. The third-order valence-electron chi connectivity index (χ3n) is 1.59. The highest BCUT2D eigenvalue weighted by molar-refractivity contribution is 6.28. The van der Waals surface area contributed by atoms with Crippen molar-refractivity contribution in [3.63, 3.8) is 0 Å². The Kier molecular flexibility index (Phi) is 2.09. The number of hydrogen-bond donors (Lipinski definition) is 1. The first kappa shape index (κ1) is 8.96. The molecule has 2 heterocycles. The van der Waals surface area contributed by atoms with Crippen LogP contribution in [-0.4, -0.2) is 15.0 Å². The van der Waals surface area contributed by atoms with Gasteiger partial charge in [-0.05, 0) is 30.7 Å². The second-order valence-electron chi connectivity index (χ2n) is 2.70. The highest BCUT2D eigenvalue weighted by Crippen LogP contribution is 2.19. The summed E-state index contributed by atoms with van der Waals surface area (Å²) in [6, 6.07) is 3.56. The van der Waals surface area contributed by atoms with Crippen LogP contribution in [0.25, 0.3) is 11.6 Å². The minimum absolute atomic E-state index is 0.0570. The van der Waals surface area contributed by atoms with Crippen LogP contribution >= 0.6 is 11.6 Å². The molecule has 0 unspecified atom stereocenters. The normalized spacial score (nSPS) is 10.4. The Balaban J connectivity index is 2.51. The van der Waals surface area contributed by atoms with Crippen LogP contribution in [0.4, 0.5) is 5.95 Å². The van der Waals surface area contributed by atoms with Crippen LogP contribution in [0.2, 0.25) is 5.28 Å². The number of nitrogen functional groups attached to an aromatic ring is 1. The molecule has 72 valence electrons. The summed E-state index contributed by atoms with van der Waals surface area (Å²) < 4.78 is 5.31. The lowest BCUT2D eigenvalue weighted by molar-refractivity contribution is 0.544. The van der Waals surface area contributed by atoms with E-state index in [1.54, 1.807) is 6.07 Å². The molecule has 0 spiro atoms. The lowest BCUT2D eigenvalue weighted by atomic mass is 10.4. The Labute approximate surface area is 84.9 Å². The molecule has 2 aromatic rings. The van der Waals surface area contributed by atoms with Crippen LogP contribution in [0, 0.1) is 6.92 Å². The van der Waals surface area contributed by atoms with E-state index >= 15 is 0 Å². The van der Waals surface area contributed by atoms with Crippen molar-refractivity contribution in [2.24, 2.45) is 0 Å². The third-order valence-corrected chi connectivity index (χ3v) is 1.76. The molecule has 2 N–H and O–H groups in total. The monoisotopic (exact) mass is 210 g/mol. The third kappa shape index (κ3) is 1.67. The molecular formula is C8H7ClN4O. The van der Waals surface area contributed by atoms with E-state index in [1.807, 2.05) is 13.0 Å². The van der Waals surface area contributed by atoms with Crippen molar-refractivity contribution < 1.29 is 4.42 Å². The van der Waals surface area contributed by atoms with Crippen LogP contribution in [-0.2, 0) is 0 Å². The van der Waals surface area contributed by atoms with Crippen molar-refractivity contribution >= 4 is 17.5 Å². The van der Waals surface area contributed by atoms with Crippen LogP contribution < -0.4 is 5.73 Å². The molecule has 6 heteroatoms. The first-order valence-electron chi connectivity index (χ1n) is 3.89. The Morgan fingerprint density at radius 2 is 2.07 bits per heavy atom. The Bertz CT molecular complexity index is 448. The van der Waals surface area contributed by atoms with Gasteiger partial charge in [-0.3, -0.25) is 0 Å². The van der Waals surface area contributed by atoms with Crippen molar-refractivity contribution in [3.05, 3.63) is 23.2 Å². The van der Waals surface area contributed by atoms with Gasteiger partial charge in [0.15, 0.2) is 5.76 Å². The lowest BCUT2D eigenvalue weighted by Gasteiger charge is -1.97. The molecule has 0 bridgehead atoms. The number of furan rings is 1. The fourth-order valence-electron chi connectivity index (χ4n) is 1.03. The Morgan fingerprint density at radius 3 is 2.64 bits per heavy atom. The maximum absolute atomic E-state index is 5.62. The summed E-state index contributed by atoms with van der Waals surface area (Å²) in [4.78, 5) is 11.4. The number of anilines is 1. The topological polar surface area (TPSA) is 77.8 Å². The maximum Gasteiger partial charge on any atom is 0.227 e. The van der Waals surface area contributed by atoms with Gasteiger partial charge in [0.05, 0.1) is 0 Å². The van der Waals surface area contributed by atoms with Crippen molar-refractivity contribution in [3.8, 4) is 11.6 Å². The van der Waals surface area contributed by atoms with Crippen molar-refractivity contribution in [2.75, 3.05) is 5.73 Å². The van der Waals surface area contributed by atoms with Gasteiger partial charge < -0.3 is 10.2 Å². The standard InChI is InChI=1S/C8H7ClN4O/c1-4-2-3-5(14-4)6-11-7(9)13-8(10)12-6/h2-3H,1H3,(H2,10,11,12,13). The second kappa shape index (κ2) is 3.26. The number of hydrogen-bond acceptors (Lipinski definition) is 5. The molecule has 0 atom stereocenters. The highest BCUT2D eigenvalue weighted by atomic mass is 35.5. The van der Waals surface area contributed by atoms with E-state index in [0.717, 1.165) is 5.76 Å². The van der Waals surface area contributed by atoms with E-state index in [0.29, 0.717) is 11.6 Å². The number of aryl methyl sites for hydroxylation is 1. The number of rotatable bonds is 1. The predicted molar refractivity (Wildman–Crippen MR) is 51.7 cm³/mol. The summed E-state index contributed by atoms with van der Waals surface area (Å²) in [7, 11) is 0. The summed E-state index contributed by atoms with van der Waals surface area (Å²) in [6.45, 7) is 1.83. The largest absolute Gasteiger partial charge is 0.458 e. The maximum atomic E-state index is 5.62. The molecule has 0 aliphatic heterocycles. The Morgan fingerprint density at radius 1 is 1.29 bits per heavy atom. The van der Waals surface area contributed by atoms with E-state index in [9.17, 15) is 0 Å². The first-order chi connectivity index (χ1) is 6.65. The fourth-order valence-corrected chi connectivity index (χ4v) is 1.20. The number of nitrogens with zero attached hydrogens (tertiary/aromatic N) is 3. The minimum Gasteiger partial charge on any atom is -0.458 e.